The molecule has 1 aliphatic rings. The van der Waals surface area contributed by atoms with E-state index in [1.54, 1.807) is 0 Å². The van der Waals surface area contributed by atoms with Gasteiger partial charge in [0.25, 0.3) is 5.91 Å². The lowest BCUT2D eigenvalue weighted by atomic mass is 9.98. The fraction of sp³-hybridized carbons (Fsp3) is 0.154. The Kier molecular flexibility index (Phi) is 6.55. The highest BCUT2D eigenvalue weighted by atomic mass is 16.5. The molecule has 8 heteroatoms. The zero-order valence-corrected chi connectivity index (χ0v) is 18.0. The summed E-state index contributed by atoms with van der Waals surface area (Å²) in [6.45, 7) is 0.166. The van der Waals surface area contributed by atoms with Crippen molar-refractivity contribution in [1.29, 1.82) is 0 Å². The van der Waals surface area contributed by atoms with Gasteiger partial charge in [-0.15, -0.1) is 12.3 Å². The summed E-state index contributed by atoms with van der Waals surface area (Å²) in [5.41, 5.74) is 4.81. The monoisotopic (exact) mass is 455 g/mol. The van der Waals surface area contributed by atoms with Crippen molar-refractivity contribution in [2.75, 3.05) is 11.9 Å². The number of ether oxygens (including phenoxy) is 1. The quantitative estimate of drug-likeness (QED) is 0.468. The predicted molar refractivity (Wildman–Crippen MR) is 125 cm³/mol. The van der Waals surface area contributed by atoms with E-state index in [9.17, 15) is 14.4 Å². The largest absolute Gasteiger partial charge is 0.480 e. The van der Waals surface area contributed by atoms with Gasteiger partial charge < -0.3 is 15.2 Å². The minimum absolute atomic E-state index is 0.0126. The predicted octanol–water partition coefficient (Wildman–Crippen LogP) is 3.65. The molecule has 1 heterocycles. The number of nitrogens with zero attached hydrogens (tertiary/aromatic N) is 1. The Morgan fingerprint density at radius 1 is 1.03 bits per heavy atom. The number of nitrogens with one attached hydrogen (secondary N) is 2. The van der Waals surface area contributed by atoms with Crippen LogP contribution in [0.5, 0.6) is 0 Å². The van der Waals surface area contributed by atoms with Gasteiger partial charge in [-0.25, -0.2) is 14.6 Å². The van der Waals surface area contributed by atoms with Crippen LogP contribution in [0, 0.1) is 12.3 Å². The Labute approximate surface area is 196 Å². The van der Waals surface area contributed by atoms with Crippen LogP contribution in [0.4, 0.5) is 10.5 Å². The van der Waals surface area contributed by atoms with E-state index >= 15 is 0 Å². The molecule has 0 aliphatic heterocycles. The number of aromatic nitrogens is 1. The normalized spacial score (nSPS) is 12.6. The number of benzene rings is 2. The first-order valence-electron chi connectivity index (χ1n) is 10.5. The molecule has 1 unspecified atom stereocenters. The number of terminal acetylenes is 1. The van der Waals surface area contributed by atoms with Crippen molar-refractivity contribution in [2.45, 2.75) is 18.4 Å². The van der Waals surface area contributed by atoms with E-state index in [1.165, 1.54) is 18.3 Å². The van der Waals surface area contributed by atoms with Gasteiger partial charge in [0.1, 0.15) is 18.3 Å². The van der Waals surface area contributed by atoms with Crippen molar-refractivity contribution >= 4 is 23.7 Å². The molecule has 1 atom stereocenters. The Morgan fingerprint density at radius 3 is 2.24 bits per heavy atom. The van der Waals surface area contributed by atoms with Crippen LogP contribution in [-0.4, -0.2) is 40.7 Å². The molecule has 2 aromatic carbocycles. The average Bonchev–Trinajstić information content (AvgIpc) is 3.16. The van der Waals surface area contributed by atoms with Crippen LogP contribution in [0.3, 0.4) is 0 Å². The minimum Gasteiger partial charge on any atom is -0.480 e. The molecular weight excluding hydrogens is 434 g/mol. The van der Waals surface area contributed by atoms with Crippen LogP contribution in [0.1, 0.15) is 34.0 Å². The van der Waals surface area contributed by atoms with E-state index in [2.05, 4.69) is 33.7 Å². The second-order valence-corrected chi connectivity index (χ2v) is 7.66. The van der Waals surface area contributed by atoms with Gasteiger partial charge in [0.05, 0.1) is 11.9 Å². The molecule has 34 heavy (non-hydrogen) atoms. The number of fused-ring (bicyclic) bond motifs is 3. The van der Waals surface area contributed by atoms with Gasteiger partial charge in [-0.2, -0.15) is 0 Å². The first-order valence-corrected chi connectivity index (χ1v) is 10.5. The number of aliphatic carboxylic acids is 1. The van der Waals surface area contributed by atoms with Gasteiger partial charge in [0.2, 0.25) is 0 Å². The number of carboxylic acids is 1. The van der Waals surface area contributed by atoms with Crippen LogP contribution in [0.2, 0.25) is 0 Å². The van der Waals surface area contributed by atoms with E-state index in [0.717, 1.165) is 22.3 Å². The molecule has 8 nitrogen and oxygen atoms in total. The zero-order chi connectivity index (χ0) is 24.1. The highest BCUT2D eigenvalue weighted by Gasteiger charge is 2.29. The van der Waals surface area contributed by atoms with E-state index in [1.807, 2.05) is 36.4 Å². The number of hydrogen-bond acceptors (Lipinski definition) is 5. The Hall–Kier alpha value is -4.64. The lowest BCUT2D eigenvalue weighted by Crippen LogP contribution is -2.40. The summed E-state index contributed by atoms with van der Waals surface area (Å²) in [4.78, 5) is 39.7. The maximum atomic E-state index is 12.4. The molecule has 0 fully saturated rings. The van der Waals surface area contributed by atoms with Crippen LogP contribution >= 0.6 is 0 Å². The number of rotatable bonds is 7. The molecule has 4 rings (SSSR count). The summed E-state index contributed by atoms with van der Waals surface area (Å²) >= 11 is 0. The number of carboxylic acid groups (broad SMARTS) is 1. The number of amides is 2. The third kappa shape index (κ3) is 4.74. The van der Waals surface area contributed by atoms with Gasteiger partial charge in [0, 0.05) is 12.3 Å². The van der Waals surface area contributed by atoms with Crippen LogP contribution in [0.15, 0.2) is 66.9 Å². The number of carbonyl (C=O) groups excluding carboxylic acids is 2. The Balaban J connectivity index is 1.36. The minimum atomic E-state index is -1.24. The summed E-state index contributed by atoms with van der Waals surface area (Å²) in [7, 11) is 0. The van der Waals surface area contributed by atoms with E-state index < -0.39 is 24.0 Å². The Bertz CT molecular complexity index is 1230. The third-order valence-corrected chi connectivity index (χ3v) is 5.51. The van der Waals surface area contributed by atoms with E-state index in [0.29, 0.717) is 5.69 Å². The van der Waals surface area contributed by atoms with Crippen molar-refractivity contribution in [3.63, 3.8) is 0 Å². The van der Waals surface area contributed by atoms with Crippen molar-refractivity contribution in [2.24, 2.45) is 0 Å². The number of carbonyl (C=O) groups is 3. The third-order valence-electron chi connectivity index (χ3n) is 5.51. The molecule has 3 aromatic rings. The smallest absolute Gasteiger partial charge is 0.411 e. The molecule has 0 bridgehead atoms. The molecule has 0 radical (unpaired) electrons. The topological polar surface area (TPSA) is 118 Å². The fourth-order valence-corrected chi connectivity index (χ4v) is 3.90. The molecular formula is C26H21N3O5. The van der Waals surface area contributed by atoms with Gasteiger partial charge >= 0.3 is 12.1 Å². The second kappa shape index (κ2) is 9.88. The fourth-order valence-electron chi connectivity index (χ4n) is 3.90. The summed E-state index contributed by atoms with van der Waals surface area (Å²) in [6.07, 6.45) is 5.61. The van der Waals surface area contributed by atoms with Crippen LogP contribution in [-0.2, 0) is 9.53 Å². The Morgan fingerprint density at radius 2 is 1.68 bits per heavy atom. The first kappa shape index (κ1) is 22.6. The highest BCUT2D eigenvalue weighted by Crippen LogP contribution is 2.44. The molecule has 2 amide bonds. The SMILES string of the molecule is C#CCC(NC(=O)c1ccc(NC(=O)OCC2c3ccccc3-c3ccccc32)cn1)C(=O)O. The van der Waals surface area contributed by atoms with Gasteiger partial charge in [-0.05, 0) is 34.4 Å². The van der Waals surface area contributed by atoms with E-state index in [-0.39, 0.29) is 24.6 Å². The summed E-state index contributed by atoms with van der Waals surface area (Å²) in [6, 6.07) is 17.7. The van der Waals surface area contributed by atoms with Gasteiger partial charge in [-0.1, -0.05) is 48.5 Å². The lowest BCUT2D eigenvalue weighted by molar-refractivity contribution is -0.139. The maximum absolute atomic E-state index is 12.4. The van der Waals surface area contributed by atoms with Crippen molar-refractivity contribution in [3.8, 4) is 23.5 Å². The second-order valence-electron chi connectivity index (χ2n) is 7.66. The molecule has 0 spiro atoms. The molecule has 1 aromatic heterocycles. The summed E-state index contributed by atoms with van der Waals surface area (Å²) in [5, 5.41) is 14.0. The molecule has 3 N–H and O–H groups in total. The van der Waals surface area contributed by atoms with Crippen molar-refractivity contribution in [3.05, 3.63) is 83.7 Å². The zero-order valence-electron chi connectivity index (χ0n) is 18.0. The lowest BCUT2D eigenvalue weighted by Gasteiger charge is -2.14. The first-order chi connectivity index (χ1) is 16.5. The summed E-state index contributed by atoms with van der Waals surface area (Å²) in [5.74, 6) is 0.219. The van der Waals surface area contributed by atoms with Crippen LogP contribution < -0.4 is 10.6 Å². The average molecular weight is 455 g/mol. The maximum Gasteiger partial charge on any atom is 0.411 e. The molecule has 1 aliphatic carbocycles. The number of anilines is 1. The number of hydrogen-bond donors (Lipinski definition) is 3. The molecule has 170 valence electrons. The summed E-state index contributed by atoms with van der Waals surface area (Å²) < 4.78 is 5.49. The van der Waals surface area contributed by atoms with Crippen molar-refractivity contribution in [1.82, 2.24) is 10.3 Å². The number of pyridine rings is 1. The van der Waals surface area contributed by atoms with E-state index in [4.69, 9.17) is 16.3 Å². The molecule has 0 saturated carbocycles. The highest BCUT2D eigenvalue weighted by molar-refractivity contribution is 5.95. The van der Waals surface area contributed by atoms with Crippen LogP contribution in [0.25, 0.3) is 11.1 Å². The molecule has 0 saturated heterocycles. The van der Waals surface area contributed by atoms with Gasteiger partial charge in [-0.3, -0.25) is 10.1 Å². The van der Waals surface area contributed by atoms with Crippen molar-refractivity contribution < 1.29 is 24.2 Å². The standard InChI is InChI=1S/C26H21N3O5/c1-2-7-23(25(31)32)29-24(30)22-13-12-16(14-27-22)28-26(33)34-15-21-19-10-5-3-8-17(19)18-9-4-6-11-20(18)21/h1,3-6,8-14,21,23H,7,15H2,(H,28,33)(H,29,30)(H,31,32). The van der Waals surface area contributed by atoms with Gasteiger partial charge in [0.15, 0.2) is 0 Å².